The van der Waals surface area contributed by atoms with E-state index in [1.165, 1.54) is 24.1 Å². The fourth-order valence-corrected chi connectivity index (χ4v) is 2.01. The molecule has 0 aliphatic heterocycles. The van der Waals surface area contributed by atoms with Crippen LogP contribution in [0, 0.1) is 19.8 Å². The van der Waals surface area contributed by atoms with Gasteiger partial charge >= 0.3 is 0 Å². The van der Waals surface area contributed by atoms with Gasteiger partial charge in [-0.2, -0.15) is 5.10 Å². The van der Waals surface area contributed by atoms with E-state index in [1.54, 1.807) is 0 Å². The summed E-state index contributed by atoms with van der Waals surface area (Å²) >= 11 is 0. The zero-order valence-corrected chi connectivity index (χ0v) is 12.0. The van der Waals surface area contributed by atoms with Crippen molar-refractivity contribution in [1.29, 1.82) is 0 Å². The molecule has 0 saturated heterocycles. The van der Waals surface area contributed by atoms with Crippen LogP contribution in [0.2, 0.25) is 0 Å². The highest BCUT2D eigenvalue weighted by atomic mass is 16.5. The molecule has 1 aromatic rings. The summed E-state index contributed by atoms with van der Waals surface area (Å²) in [5, 5.41) is 8.00. The fraction of sp³-hybridized carbons (Fsp3) is 0.786. The molecule has 4 heteroatoms. The van der Waals surface area contributed by atoms with Gasteiger partial charge in [0.2, 0.25) is 0 Å². The van der Waals surface area contributed by atoms with E-state index >= 15 is 0 Å². The van der Waals surface area contributed by atoms with Crippen LogP contribution in [0.3, 0.4) is 0 Å². The van der Waals surface area contributed by atoms with E-state index in [0.29, 0.717) is 12.8 Å². The number of aryl methyl sites for hydroxylation is 1. The largest absolute Gasteiger partial charge is 0.359 e. The molecule has 4 nitrogen and oxygen atoms in total. The first-order valence-electron chi connectivity index (χ1n) is 6.92. The van der Waals surface area contributed by atoms with E-state index in [9.17, 15) is 0 Å². The van der Waals surface area contributed by atoms with Crippen LogP contribution in [0.5, 0.6) is 0 Å². The van der Waals surface area contributed by atoms with Crippen molar-refractivity contribution in [2.24, 2.45) is 5.92 Å². The Morgan fingerprint density at radius 1 is 1.39 bits per heavy atom. The van der Waals surface area contributed by atoms with Gasteiger partial charge in [0.25, 0.3) is 0 Å². The maximum absolute atomic E-state index is 5.70. The van der Waals surface area contributed by atoms with Crippen molar-refractivity contribution in [3.05, 3.63) is 17.0 Å². The molecule has 0 spiro atoms. The smallest absolute Gasteiger partial charge is 0.139 e. The molecule has 0 unspecified atom stereocenters. The first kappa shape index (κ1) is 13.6. The minimum Gasteiger partial charge on any atom is -0.359 e. The number of nitrogens with zero attached hydrogens (tertiary/aromatic N) is 2. The van der Waals surface area contributed by atoms with E-state index in [0.717, 1.165) is 24.8 Å². The lowest BCUT2D eigenvalue weighted by molar-refractivity contribution is 0.0597. The molecule has 1 fully saturated rings. The highest BCUT2D eigenvalue weighted by Crippen LogP contribution is 2.28. The number of nitrogens with one attached hydrogen (secondary N) is 1. The SMILES string of the molecule is Cc1nn(COCC2CC2)c(C)c1CNC(C)C. The van der Waals surface area contributed by atoms with Crippen LogP contribution in [-0.4, -0.2) is 22.4 Å². The second-order valence-electron chi connectivity index (χ2n) is 5.63. The Morgan fingerprint density at radius 3 is 2.72 bits per heavy atom. The van der Waals surface area contributed by atoms with Crippen LogP contribution < -0.4 is 5.32 Å². The maximum atomic E-state index is 5.70. The molecule has 102 valence electrons. The standard InChI is InChI=1S/C14H25N3O/c1-10(2)15-7-14-11(3)16-17(12(14)4)9-18-8-13-5-6-13/h10,13,15H,5-9H2,1-4H3. The Balaban J connectivity index is 1.91. The Morgan fingerprint density at radius 2 is 2.11 bits per heavy atom. The summed E-state index contributed by atoms with van der Waals surface area (Å²) in [7, 11) is 0. The Bertz CT molecular complexity index is 394. The highest BCUT2D eigenvalue weighted by Gasteiger charge is 2.21. The van der Waals surface area contributed by atoms with E-state index in [1.807, 2.05) is 4.68 Å². The Kier molecular flexibility index (Phi) is 4.40. The Labute approximate surface area is 110 Å². The zero-order chi connectivity index (χ0) is 13.1. The molecule has 1 N–H and O–H groups in total. The monoisotopic (exact) mass is 251 g/mol. The van der Waals surface area contributed by atoms with Gasteiger partial charge in [-0.25, -0.2) is 4.68 Å². The van der Waals surface area contributed by atoms with Gasteiger partial charge in [0.15, 0.2) is 0 Å². The molecule has 2 rings (SSSR count). The van der Waals surface area contributed by atoms with Crippen molar-refractivity contribution >= 4 is 0 Å². The highest BCUT2D eigenvalue weighted by molar-refractivity contribution is 5.24. The fourth-order valence-electron chi connectivity index (χ4n) is 2.01. The molecule has 1 aliphatic rings. The summed E-state index contributed by atoms with van der Waals surface area (Å²) in [5.74, 6) is 0.809. The lowest BCUT2D eigenvalue weighted by Gasteiger charge is -2.09. The molecule has 1 heterocycles. The van der Waals surface area contributed by atoms with Crippen molar-refractivity contribution in [2.75, 3.05) is 6.61 Å². The number of hydrogen-bond donors (Lipinski definition) is 1. The molecular weight excluding hydrogens is 226 g/mol. The average molecular weight is 251 g/mol. The van der Waals surface area contributed by atoms with E-state index in [-0.39, 0.29) is 0 Å². The van der Waals surface area contributed by atoms with Crippen molar-refractivity contribution in [2.45, 2.75) is 59.9 Å². The van der Waals surface area contributed by atoms with Gasteiger partial charge in [-0.15, -0.1) is 0 Å². The normalized spacial score (nSPS) is 15.6. The van der Waals surface area contributed by atoms with Gasteiger partial charge < -0.3 is 10.1 Å². The molecule has 1 aliphatic carbocycles. The lowest BCUT2D eigenvalue weighted by atomic mass is 10.2. The maximum Gasteiger partial charge on any atom is 0.139 e. The van der Waals surface area contributed by atoms with Gasteiger partial charge in [-0.3, -0.25) is 0 Å². The molecule has 0 bridgehead atoms. The quantitative estimate of drug-likeness (QED) is 0.808. The van der Waals surface area contributed by atoms with Crippen molar-refractivity contribution in [3.63, 3.8) is 0 Å². The van der Waals surface area contributed by atoms with Gasteiger partial charge in [0.1, 0.15) is 6.73 Å². The predicted octanol–water partition coefficient (Wildman–Crippen LogP) is 2.38. The molecular formula is C14H25N3O. The van der Waals surface area contributed by atoms with Crippen LogP contribution in [-0.2, 0) is 18.0 Å². The van der Waals surface area contributed by atoms with Gasteiger partial charge in [-0.1, -0.05) is 13.8 Å². The van der Waals surface area contributed by atoms with E-state index < -0.39 is 0 Å². The number of ether oxygens (including phenoxy) is 1. The lowest BCUT2D eigenvalue weighted by Crippen LogP contribution is -2.22. The first-order chi connectivity index (χ1) is 8.58. The average Bonchev–Trinajstić information content (AvgIpc) is 3.06. The molecule has 0 atom stereocenters. The molecule has 0 amide bonds. The second kappa shape index (κ2) is 5.85. The zero-order valence-electron chi connectivity index (χ0n) is 12.0. The number of aromatic nitrogens is 2. The molecule has 1 saturated carbocycles. The minimum atomic E-state index is 0.498. The molecule has 0 aromatic carbocycles. The summed E-state index contributed by atoms with van der Waals surface area (Å²) in [4.78, 5) is 0. The topological polar surface area (TPSA) is 39.1 Å². The van der Waals surface area contributed by atoms with Crippen LogP contribution >= 0.6 is 0 Å². The van der Waals surface area contributed by atoms with Crippen LogP contribution in [0.4, 0.5) is 0 Å². The van der Waals surface area contributed by atoms with Crippen molar-refractivity contribution < 1.29 is 4.74 Å². The third-order valence-corrected chi connectivity index (χ3v) is 3.48. The molecule has 18 heavy (non-hydrogen) atoms. The van der Waals surface area contributed by atoms with E-state index in [4.69, 9.17) is 4.74 Å². The predicted molar refractivity (Wildman–Crippen MR) is 72.4 cm³/mol. The van der Waals surface area contributed by atoms with Gasteiger partial charge in [0.05, 0.1) is 12.3 Å². The summed E-state index contributed by atoms with van der Waals surface area (Å²) in [5.41, 5.74) is 3.63. The van der Waals surface area contributed by atoms with Crippen molar-refractivity contribution in [1.82, 2.24) is 15.1 Å². The number of rotatable bonds is 7. The van der Waals surface area contributed by atoms with Crippen LogP contribution in [0.15, 0.2) is 0 Å². The van der Waals surface area contributed by atoms with Crippen molar-refractivity contribution in [3.8, 4) is 0 Å². The third-order valence-electron chi connectivity index (χ3n) is 3.48. The summed E-state index contributed by atoms with van der Waals surface area (Å²) in [6, 6.07) is 0.498. The van der Waals surface area contributed by atoms with Gasteiger partial charge in [0, 0.05) is 23.8 Å². The van der Waals surface area contributed by atoms with E-state index in [2.05, 4.69) is 38.1 Å². The summed E-state index contributed by atoms with van der Waals surface area (Å²) in [6.45, 7) is 10.9. The minimum absolute atomic E-state index is 0.498. The first-order valence-corrected chi connectivity index (χ1v) is 6.92. The van der Waals surface area contributed by atoms with Crippen LogP contribution in [0.25, 0.3) is 0 Å². The molecule has 1 aromatic heterocycles. The van der Waals surface area contributed by atoms with Crippen LogP contribution in [0.1, 0.15) is 43.6 Å². The third kappa shape index (κ3) is 3.56. The summed E-state index contributed by atoms with van der Waals surface area (Å²) < 4.78 is 7.68. The number of hydrogen-bond acceptors (Lipinski definition) is 3. The Hall–Kier alpha value is -0.870. The summed E-state index contributed by atoms with van der Waals surface area (Å²) in [6.07, 6.45) is 2.67. The van der Waals surface area contributed by atoms with Gasteiger partial charge in [-0.05, 0) is 32.6 Å². The second-order valence-corrected chi connectivity index (χ2v) is 5.63. The molecule has 0 radical (unpaired) electrons.